The van der Waals surface area contributed by atoms with Gasteiger partial charge in [-0.2, -0.15) is 0 Å². The molecule has 0 aromatic carbocycles. The third-order valence-corrected chi connectivity index (χ3v) is 5.55. The van der Waals surface area contributed by atoms with Crippen molar-refractivity contribution < 1.29 is 0 Å². The Morgan fingerprint density at radius 2 is 1.77 bits per heavy atom. The lowest BCUT2D eigenvalue weighted by molar-refractivity contribution is -0.0418. The van der Waals surface area contributed by atoms with Crippen LogP contribution in [0.15, 0.2) is 0 Å². The normalized spacial score (nSPS) is 58.6. The second-order valence-electron chi connectivity index (χ2n) is 5.58. The van der Waals surface area contributed by atoms with Crippen molar-refractivity contribution in [1.29, 1.82) is 0 Å². The summed E-state index contributed by atoms with van der Waals surface area (Å²) in [5.74, 6) is 2.74. The fourth-order valence-electron chi connectivity index (χ4n) is 4.43. The highest BCUT2D eigenvalue weighted by Gasteiger charge is 2.55. The molecule has 0 aromatic rings. The minimum atomic E-state index is 0.344. The van der Waals surface area contributed by atoms with Gasteiger partial charge in [0.05, 0.1) is 0 Å². The maximum Gasteiger partial charge on any atom is 0.0433 e. The van der Waals surface area contributed by atoms with Gasteiger partial charge in [-0.05, 0) is 61.8 Å². The fraction of sp³-hybridized carbons (Fsp3) is 1.00. The first-order valence-corrected chi connectivity index (χ1v) is 6.01. The third kappa shape index (κ3) is 1.04. The van der Waals surface area contributed by atoms with Gasteiger partial charge in [0, 0.05) is 5.38 Å². The fourth-order valence-corrected chi connectivity index (χ4v) is 4.90. The van der Waals surface area contributed by atoms with Gasteiger partial charge in [0.15, 0.2) is 0 Å². The van der Waals surface area contributed by atoms with Crippen molar-refractivity contribution in [3.05, 3.63) is 0 Å². The predicted octanol–water partition coefficient (Wildman–Crippen LogP) is 2.38. The summed E-state index contributed by atoms with van der Waals surface area (Å²) < 4.78 is 0. The van der Waals surface area contributed by atoms with E-state index in [9.17, 15) is 0 Å². The van der Waals surface area contributed by atoms with Gasteiger partial charge in [-0.25, -0.2) is 0 Å². The monoisotopic (exact) mass is 199 g/mol. The summed E-state index contributed by atoms with van der Waals surface area (Å²) in [5, 5.41) is 0.394. The third-order valence-electron chi connectivity index (χ3n) is 4.73. The molecule has 0 amide bonds. The SMILES string of the molecule is NCC12CC3CC(CC(C3)C1Cl)C2. The van der Waals surface area contributed by atoms with Crippen LogP contribution in [0.2, 0.25) is 0 Å². The number of hydrogen-bond acceptors (Lipinski definition) is 1. The van der Waals surface area contributed by atoms with E-state index in [1.165, 1.54) is 32.1 Å². The van der Waals surface area contributed by atoms with E-state index in [0.717, 1.165) is 24.3 Å². The number of alkyl halides is 1. The highest BCUT2D eigenvalue weighted by atomic mass is 35.5. The van der Waals surface area contributed by atoms with Gasteiger partial charge >= 0.3 is 0 Å². The van der Waals surface area contributed by atoms with Crippen molar-refractivity contribution in [2.24, 2.45) is 28.9 Å². The molecule has 4 bridgehead atoms. The molecule has 0 heterocycles. The molecule has 0 saturated heterocycles. The van der Waals surface area contributed by atoms with Gasteiger partial charge in [0.1, 0.15) is 0 Å². The smallest absolute Gasteiger partial charge is 0.0433 e. The lowest BCUT2D eigenvalue weighted by Crippen LogP contribution is -2.56. The van der Waals surface area contributed by atoms with Crippen LogP contribution in [0.1, 0.15) is 32.1 Å². The topological polar surface area (TPSA) is 26.0 Å². The Balaban J connectivity index is 1.95. The highest BCUT2D eigenvalue weighted by Crippen LogP contribution is 2.61. The number of halogens is 1. The average molecular weight is 200 g/mol. The molecule has 4 saturated carbocycles. The Morgan fingerprint density at radius 3 is 2.31 bits per heavy atom. The number of hydrogen-bond donors (Lipinski definition) is 1. The lowest BCUT2D eigenvalue weighted by Gasteiger charge is -2.59. The molecular formula is C11H18ClN. The molecule has 4 fully saturated rings. The van der Waals surface area contributed by atoms with Gasteiger partial charge in [-0.15, -0.1) is 11.6 Å². The summed E-state index contributed by atoms with van der Waals surface area (Å²) in [4.78, 5) is 0. The molecule has 4 aliphatic carbocycles. The van der Waals surface area contributed by atoms with Crippen LogP contribution in [-0.2, 0) is 0 Å². The Bertz CT molecular complexity index is 214. The molecule has 2 N–H and O–H groups in total. The Labute approximate surface area is 85.0 Å². The van der Waals surface area contributed by atoms with Crippen molar-refractivity contribution in [3.8, 4) is 0 Å². The minimum absolute atomic E-state index is 0.344. The molecule has 3 unspecified atom stereocenters. The van der Waals surface area contributed by atoms with Crippen molar-refractivity contribution in [2.75, 3.05) is 6.54 Å². The first-order valence-electron chi connectivity index (χ1n) is 5.58. The van der Waals surface area contributed by atoms with Crippen molar-refractivity contribution in [2.45, 2.75) is 37.5 Å². The number of rotatable bonds is 1. The minimum Gasteiger partial charge on any atom is -0.330 e. The molecule has 13 heavy (non-hydrogen) atoms. The van der Waals surface area contributed by atoms with E-state index >= 15 is 0 Å². The zero-order valence-corrected chi connectivity index (χ0v) is 8.76. The predicted molar refractivity (Wildman–Crippen MR) is 54.7 cm³/mol. The molecule has 0 aromatic heterocycles. The Morgan fingerprint density at radius 1 is 1.15 bits per heavy atom. The molecular weight excluding hydrogens is 182 g/mol. The van der Waals surface area contributed by atoms with Gasteiger partial charge in [-0.3, -0.25) is 0 Å². The molecule has 1 nitrogen and oxygen atoms in total. The summed E-state index contributed by atoms with van der Waals surface area (Å²) in [7, 11) is 0. The van der Waals surface area contributed by atoms with Crippen LogP contribution in [0.5, 0.6) is 0 Å². The summed E-state index contributed by atoms with van der Waals surface area (Å²) in [5.41, 5.74) is 6.28. The molecule has 2 heteroatoms. The van der Waals surface area contributed by atoms with E-state index in [1.807, 2.05) is 0 Å². The highest BCUT2D eigenvalue weighted by molar-refractivity contribution is 6.21. The van der Waals surface area contributed by atoms with E-state index in [-0.39, 0.29) is 0 Å². The average Bonchev–Trinajstić information content (AvgIpc) is 2.12. The van der Waals surface area contributed by atoms with Gasteiger partial charge in [0.25, 0.3) is 0 Å². The largest absolute Gasteiger partial charge is 0.330 e. The van der Waals surface area contributed by atoms with Crippen molar-refractivity contribution in [3.63, 3.8) is 0 Å². The van der Waals surface area contributed by atoms with Crippen LogP contribution in [0.4, 0.5) is 0 Å². The summed E-state index contributed by atoms with van der Waals surface area (Å²) in [6.45, 7) is 0.824. The standard InChI is InChI=1S/C11H18ClN/c12-10-9-2-7-1-8(3-9)5-11(10,4-7)6-13/h7-10H,1-6,13H2. The summed E-state index contributed by atoms with van der Waals surface area (Å²) >= 11 is 6.55. The van der Waals surface area contributed by atoms with Gasteiger partial charge < -0.3 is 5.73 Å². The van der Waals surface area contributed by atoms with E-state index in [1.54, 1.807) is 0 Å². The van der Waals surface area contributed by atoms with Gasteiger partial charge in [0.2, 0.25) is 0 Å². The van der Waals surface area contributed by atoms with Gasteiger partial charge in [-0.1, -0.05) is 0 Å². The molecule has 4 rings (SSSR count). The van der Waals surface area contributed by atoms with E-state index < -0.39 is 0 Å². The van der Waals surface area contributed by atoms with Crippen LogP contribution >= 0.6 is 11.6 Å². The van der Waals surface area contributed by atoms with E-state index in [4.69, 9.17) is 17.3 Å². The quantitative estimate of drug-likeness (QED) is 0.645. The van der Waals surface area contributed by atoms with Crippen LogP contribution in [-0.4, -0.2) is 11.9 Å². The first kappa shape index (κ1) is 8.55. The van der Waals surface area contributed by atoms with E-state index in [0.29, 0.717) is 10.8 Å². The second-order valence-corrected chi connectivity index (χ2v) is 6.05. The zero-order chi connectivity index (χ0) is 9.05. The molecule has 0 spiro atoms. The molecule has 74 valence electrons. The second kappa shape index (κ2) is 2.64. The first-order chi connectivity index (χ1) is 6.23. The number of nitrogens with two attached hydrogens (primary N) is 1. The Kier molecular flexibility index (Phi) is 1.73. The van der Waals surface area contributed by atoms with Crippen LogP contribution in [0.3, 0.4) is 0 Å². The lowest BCUT2D eigenvalue weighted by atomic mass is 9.49. The maximum absolute atomic E-state index is 6.55. The van der Waals surface area contributed by atoms with Crippen molar-refractivity contribution in [1.82, 2.24) is 0 Å². The molecule has 0 aliphatic heterocycles. The maximum atomic E-state index is 6.55. The summed E-state index contributed by atoms with van der Waals surface area (Å²) in [6.07, 6.45) is 6.91. The molecule has 0 radical (unpaired) electrons. The van der Waals surface area contributed by atoms with E-state index in [2.05, 4.69) is 0 Å². The van der Waals surface area contributed by atoms with Crippen LogP contribution < -0.4 is 5.73 Å². The van der Waals surface area contributed by atoms with Crippen molar-refractivity contribution >= 4 is 11.6 Å². The zero-order valence-electron chi connectivity index (χ0n) is 8.01. The summed E-state index contributed by atoms with van der Waals surface area (Å²) in [6, 6.07) is 0. The van der Waals surface area contributed by atoms with Crippen LogP contribution in [0.25, 0.3) is 0 Å². The molecule has 4 aliphatic rings. The molecule has 3 atom stereocenters. The van der Waals surface area contributed by atoms with Crippen LogP contribution in [0, 0.1) is 23.2 Å². The Hall–Kier alpha value is 0.250.